The number of aryl methyl sites for hydroxylation is 1. The lowest BCUT2D eigenvalue weighted by molar-refractivity contribution is 0.193. The van der Waals surface area contributed by atoms with Crippen LogP contribution in [0.2, 0.25) is 0 Å². The Morgan fingerprint density at radius 3 is 2.85 bits per heavy atom. The van der Waals surface area contributed by atoms with E-state index < -0.39 is 11.6 Å². The molecule has 1 N–H and O–H groups in total. The van der Waals surface area contributed by atoms with Crippen LogP contribution < -0.4 is 5.32 Å². The molecule has 34 heavy (non-hydrogen) atoms. The molecule has 2 amide bonds. The number of nitrogens with one attached hydrogen (secondary N) is 1. The molecule has 5 rings (SSSR count). The van der Waals surface area contributed by atoms with Gasteiger partial charge in [-0.2, -0.15) is 5.10 Å². The van der Waals surface area contributed by atoms with Crippen molar-refractivity contribution in [2.45, 2.75) is 51.5 Å². The van der Waals surface area contributed by atoms with Crippen LogP contribution in [0, 0.1) is 23.5 Å². The second-order valence-corrected chi connectivity index (χ2v) is 9.71. The summed E-state index contributed by atoms with van der Waals surface area (Å²) in [5.41, 5.74) is 1.20. The van der Waals surface area contributed by atoms with Crippen molar-refractivity contribution < 1.29 is 13.6 Å². The predicted molar refractivity (Wildman–Crippen MR) is 123 cm³/mol. The number of likely N-dealkylation sites (tertiary alicyclic amines) is 1. The van der Waals surface area contributed by atoms with Gasteiger partial charge in [0, 0.05) is 26.2 Å². The Hall–Kier alpha value is -3.17. The Morgan fingerprint density at radius 1 is 1.21 bits per heavy atom. The summed E-state index contributed by atoms with van der Waals surface area (Å²) in [7, 11) is 1.71. The second-order valence-electron chi connectivity index (χ2n) is 9.71. The Morgan fingerprint density at radius 2 is 2.06 bits per heavy atom. The fourth-order valence-corrected chi connectivity index (χ4v) is 5.21. The maximum absolute atomic E-state index is 14.7. The minimum atomic E-state index is -0.484. The van der Waals surface area contributed by atoms with Crippen LogP contribution in [0.5, 0.6) is 0 Å². The molecule has 10 heteroatoms. The first-order chi connectivity index (χ1) is 16.4. The number of aromatic nitrogens is 5. The van der Waals surface area contributed by atoms with Crippen LogP contribution in [0.25, 0.3) is 22.6 Å². The van der Waals surface area contributed by atoms with Crippen LogP contribution in [-0.2, 0) is 13.5 Å². The largest absolute Gasteiger partial charge is 0.335 e. The zero-order valence-corrected chi connectivity index (χ0v) is 19.5. The van der Waals surface area contributed by atoms with Crippen molar-refractivity contribution in [1.29, 1.82) is 0 Å². The summed E-state index contributed by atoms with van der Waals surface area (Å²) in [6.45, 7) is 3.77. The van der Waals surface area contributed by atoms with Gasteiger partial charge in [-0.15, -0.1) is 0 Å². The first kappa shape index (κ1) is 22.6. The Bertz CT molecular complexity index is 1210. The van der Waals surface area contributed by atoms with Crippen molar-refractivity contribution in [3.63, 3.8) is 0 Å². The third kappa shape index (κ3) is 4.58. The molecule has 1 unspecified atom stereocenters. The average molecular weight is 470 g/mol. The maximum atomic E-state index is 14.7. The van der Waals surface area contributed by atoms with E-state index >= 15 is 0 Å². The van der Waals surface area contributed by atoms with Gasteiger partial charge in [0.1, 0.15) is 11.5 Å². The molecule has 180 valence electrons. The highest BCUT2D eigenvalue weighted by Crippen LogP contribution is 2.30. The number of rotatable bonds is 4. The summed E-state index contributed by atoms with van der Waals surface area (Å²) in [6, 6.07) is 1.43. The minimum Gasteiger partial charge on any atom is -0.335 e. The number of hydrogen-bond acceptors (Lipinski definition) is 5. The van der Waals surface area contributed by atoms with Crippen LogP contribution in [0.4, 0.5) is 13.6 Å². The van der Waals surface area contributed by atoms with Crippen molar-refractivity contribution in [2.24, 2.45) is 18.9 Å². The van der Waals surface area contributed by atoms with E-state index in [0.29, 0.717) is 34.8 Å². The van der Waals surface area contributed by atoms with Gasteiger partial charge in [0.2, 0.25) is 0 Å². The Balaban J connectivity index is 1.31. The Labute approximate surface area is 196 Å². The summed E-state index contributed by atoms with van der Waals surface area (Å²) in [5.74, 6) is 0.0446. The Kier molecular flexibility index (Phi) is 6.14. The van der Waals surface area contributed by atoms with Gasteiger partial charge in [-0.25, -0.2) is 33.2 Å². The van der Waals surface area contributed by atoms with E-state index in [0.717, 1.165) is 57.6 Å². The maximum Gasteiger partial charge on any atom is 0.317 e. The van der Waals surface area contributed by atoms with Crippen LogP contribution >= 0.6 is 0 Å². The number of carbonyl (C=O) groups is 1. The third-order valence-electron chi connectivity index (χ3n) is 6.98. The van der Waals surface area contributed by atoms with E-state index in [1.54, 1.807) is 7.05 Å². The molecule has 0 aromatic carbocycles. The minimum absolute atomic E-state index is 0.00775. The van der Waals surface area contributed by atoms with Gasteiger partial charge >= 0.3 is 6.03 Å². The van der Waals surface area contributed by atoms with Gasteiger partial charge in [-0.05, 0) is 50.0 Å². The van der Waals surface area contributed by atoms with E-state index in [2.05, 4.69) is 32.3 Å². The van der Waals surface area contributed by atoms with Crippen molar-refractivity contribution in [1.82, 2.24) is 34.9 Å². The fourth-order valence-electron chi connectivity index (χ4n) is 5.21. The molecule has 0 bridgehead atoms. The smallest absolute Gasteiger partial charge is 0.317 e. The van der Waals surface area contributed by atoms with Crippen molar-refractivity contribution in [3.8, 4) is 11.5 Å². The van der Waals surface area contributed by atoms with E-state index in [4.69, 9.17) is 0 Å². The number of fused-ring (bicyclic) bond motifs is 1. The summed E-state index contributed by atoms with van der Waals surface area (Å²) >= 11 is 0. The molecule has 3 atom stereocenters. The van der Waals surface area contributed by atoms with E-state index in [9.17, 15) is 13.6 Å². The molecule has 0 radical (unpaired) electrons. The number of halogens is 2. The van der Waals surface area contributed by atoms with Crippen LogP contribution in [0.3, 0.4) is 0 Å². The van der Waals surface area contributed by atoms with Gasteiger partial charge < -0.3 is 10.2 Å². The molecular formula is C24H29F2N7O. The number of nitrogens with zero attached hydrogens (tertiary/aromatic N) is 6. The molecule has 2 aliphatic rings. The van der Waals surface area contributed by atoms with Gasteiger partial charge in [-0.1, -0.05) is 13.3 Å². The highest BCUT2D eigenvalue weighted by atomic mass is 19.1. The van der Waals surface area contributed by atoms with Crippen LogP contribution in [-0.4, -0.2) is 54.8 Å². The fraction of sp³-hybridized carbons (Fsp3) is 0.542. The predicted octanol–water partition coefficient (Wildman–Crippen LogP) is 3.86. The molecule has 1 aliphatic carbocycles. The molecule has 2 fully saturated rings. The lowest BCUT2D eigenvalue weighted by Gasteiger charge is -2.31. The normalized spacial score (nSPS) is 22.9. The zero-order chi connectivity index (χ0) is 23.8. The lowest BCUT2D eigenvalue weighted by atomic mass is 9.83. The van der Waals surface area contributed by atoms with Gasteiger partial charge in [0.25, 0.3) is 0 Å². The highest BCUT2D eigenvalue weighted by Gasteiger charge is 2.29. The van der Waals surface area contributed by atoms with Crippen molar-refractivity contribution >= 4 is 17.1 Å². The van der Waals surface area contributed by atoms with Crippen LogP contribution in [0.15, 0.2) is 18.5 Å². The van der Waals surface area contributed by atoms with Crippen molar-refractivity contribution in [3.05, 3.63) is 35.8 Å². The van der Waals surface area contributed by atoms with Crippen LogP contribution in [0.1, 0.15) is 44.7 Å². The summed E-state index contributed by atoms with van der Waals surface area (Å²) in [6.07, 6.45) is 7.43. The number of hydrogen-bond donors (Lipinski definition) is 1. The first-order valence-corrected chi connectivity index (χ1v) is 11.9. The molecule has 3 aromatic rings. The molecule has 1 saturated heterocycles. The zero-order valence-electron chi connectivity index (χ0n) is 19.5. The molecule has 0 spiro atoms. The highest BCUT2D eigenvalue weighted by molar-refractivity contribution is 5.89. The van der Waals surface area contributed by atoms with Gasteiger partial charge in [0.05, 0.1) is 23.5 Å². The lowest BCUT2D eigenvalue weighted by Crippen LogP contribution is -2.45. The topological polar surface area (TPSA) is 88.8 Å². The van der Waals surface area contributed by atoms with Gasteiger partial charge in [-0.3, -0.25) is 0 Å². The number of urea groups is 1. The van der Waals surface area contributed by atoms with Crippen molar-refractivity contribution in [2.75, 3.05) is 13.1 Å². The molecular weight excluding hydrogens is 440 g/mol. The van der Waals surface area contributed by atoms with E-state index in [-0.39, 0.29) is 23.8 Å². The van der Waals surface area contributed by atoms with E-state index in [1.807, 2.05) is 4.90 Å². The van der Waals surface area contributed by atoms with Gasteiger partial charge in [0.15, 0.2) is 17.3 Å². The number of pyridine rings is 1. The SMILES string of the molecule is C[C@@H]1CCN(C(=O)N[C@@H]2CCCC(Cc3nc(-c4nn(C)c5ncc(F)cc45)ncc3F)C2)C1. The molecule has 8 nitrogen and oxygen atoms in total. The summed E-state index contributed by atoms with van der Waals surface area (Å²) < 4.78 is 30.0. The van der Waals surface area contributed by atoms with E-state index in [1.165, 1.54) is 10.7 Å². The molecule has 3 aromatic heterocycles. The quantitative estimate of drug-likeness (QED) is 0.627. The molecule has 1 aliphatic heterocycles. The third-order valence-corrected chi connectivity index (χ3v) is 6.98. The number of amides is 2. The second kappa shape index (κ2) is 9.23. The first-order valence-electron chi connectivity index (χ1n) is 11.9. The molecule has 1 saturated carbocycles. The number of carbonyl (C=O) groups excluding carboxylic acids is 1. The molecule has 4 heterocycles. The standard InChI is InChI=1S/C24H29F2N7O/c1-14-6-7-33(13-14)24(34)29-17-5-3-4-15(8-17)9-20-19(26)12-27-22(30-20)21-18-10-16(25)11-28-23(18)32(2)31-21/h10-12,14-15,17H,3-9,13H2,1-2H3,(H,29,34)/t14-,15?,17-/m1/s1. The average Bonchev–Trinajstić information content (AvgIpc) is 3.39. The summed E-state index contributed by atoms with van der Waals surface area (Å²) in [5, 5.41) is 8.06. The monoisotopic (exact) mass is 469 g/mol. The summed E-state index contributed by atoms with van der Waals surface area (Å²) in [4.78, 5) is 27.2.